The highest BCUT2D eigenvalue weighted by Crippen LogP contribution is 2.13. The van der Waals surface area contributed by atoms with E-state index in [0.29, 0.717) is 6.04 Å². The van der Waals surface area contributed by atoms with Crippen LogP contribution in [0.15, 0.2) is 30.6 Å². The minimum absolute atomic E-state index is 0.307. The molecule has 0 aromatic carbocycles. The summed E-state index contributed by atoms with van der Waals surface area (Å²) in [7, 11) is 0. The SMILES string of the molecule is CCC(N)CSCc1cn2ccccc2n1. The summed E-state index contributed by atoms with van der Waals surface area (Å²) in [5.41, 5.74) is 8.00. The average Bonchev–Trinajstić information content (AvgIpc) is 2.71. The molecule has 0 saturated heterocycles. The lowest BCUT2D eigenvalue weighted by Gasteiger charge is -2.06. The summed E-state index contributed by atoms with van der Waals surface area (Å²) < 4.78 is 2.05. The monoisotopic (exact) mass is 235 g/mol. The van der Waals surface area contributed by atoms with E-state index in [0.717, 1.165) is 29.3 Å². The van der Waals surface area contributed by atoms with Crippen molar-refractivity contribution in [2.24, 2.45) is 5.73 Å². The molecule has 16 heavy (non-hydrogen) atoms. The minimum atomic E-state index is 0.307. The fourth-order valence-electron chi connectivity index (χ4n) is 1.49. The normalized spacial score (nSPS) is 13.1. The number of nitrogens with two attached hydrogens (primary N) is 1. The maximum Gasteiger partial charge on any atom is 0.137 e. The Morgan fingerprint density at radius 2 is 2.38 bits per heavy atom. The van der Waals surface area contributed by atoms with Crippen LogP contribution < -0.4 is 5.73 Å². The number of fused-ring (bicyclic) bond motifs is 1. The first-order valence-electron chi connectivity index (χ1n) is 5.55. The van der Waals surface area contributed by atoms with Gasteiger partial charge in [-0.25, -0.2) is 4.98 Å². The Morgan fingerprint density at radius 1 is 1.50 bits per heavy atom. The van der Waals surface area contributed by atoms with Crippen LogP contribution in [0.25, 0.3) is 5.65 Å². The quantitative estimate of drug-likeness (QED) is 0.865. The second kappa shape index (κ2) is 5.37. The van der Waals surface area contributed by atoms with E-state index in [2.05, 4.69) is 22.5 Å². The molecule has 1 unspecified atom stereocenters. The highest BCUT2D eigenvalue weighted by Gasteiger charge is 2.03. The fourth-order valence-corrected chi connectivity index (χ4v) is 2.49. The molecule has 2 heterocycles. The maximum atomic E-state index is 5.87. The van der Waals surface area contributed by atoms with Gasteiger partial charge in [-0.2, -0.15) is 11.8 Å². The van der Waals surface area contributed by atoms with Gasteiger partial charge in [0.2, 0.25) is 0 Å². The van der Waals surface area contributed by atoms with Gasteiger partial charge in [-0.3, -0.25) is 0 Å². The van der Waals surface area contributed by atoms with Crippen molar-refractivity contribution in [2.75, 3.05) is 5.75 Å². The van der Waals surface area contributed by atoms with Gasteiger partial charge in [0.25, 0.3) is 0 Å². The number of aromatic nitrogens is 2. The summed E-state index contributed by atoms with van der Waals surface area (Å²) >= 11 is 1.85. The van der Waals surface area contributed by atoms with Crippen LogP contribution in [0.1, 0.15) is 19.0 Å². The number of rotatable bonds is 5. The topological polar surface area (TPSA) is 43.3 Å². The molecule has 1 atom stereocenters. The predicted molar refractivity (Wildman–Crippen MR) is 69.6 cm³/mol. The van der Waals surface area contributed by atoms with Crippen molar-refractivity contribution in [3.05, 3.63) is 36.3 Å². The molecule has 2 aromatic rings. The molecular formula is C12H17N3S. The van der Waals surface area contributed by atoms with Gasteiger partial charge in [-0.05, 0) is 18.6 Å². The Balaban J connectivity index is 1.94. The lowest BCUT2D eigenvalue weighted by molar-refractivity contribution is 0.724. The van der Waals surface area contributed by atoms with Gasteiger partial charge in [0, 0.05) is 29.9 Å². The Labute approximate surface area is 100 Å². The van der Waals surface area contributed by atoms with Crippen LogP contribution in [-0.4, -0.2) is 21.2 Å². The van der Waals surface area contributed by atoms with Gasteiger partial charge >= 0.3 is 0 Å². The number of pyridine rings is 1. The summed E-state index contributed by atoms with van der Waals surface area (Å²) in [5.74, 6) is 1.94. The Bertz CT molecular complexity index is 419. The van der Waals surface area contributed by atoms with Gasteiger partial charge < -0.3 is 10.1 Å². The molecule has 0 saturated carbocycles. The zero-order chi connectivity index (χ0) is 11.4. The van der Waals surface area contributed by atoms with E-state index in [1.807, 2.05) is 36.2 Å². The van der Waals surface area contributed by atoms with E-state index in [1.54, 1.807) is 0 Å². The predicted octanol–water partition coefficient (Wildman–Crippen LogP) is 2.30. The third kappa shape index (κ3) is 2.77. The maximum absolute atomic E-state index is 5.87. The smallest absolute Gasteiger partial charge is 0.137 e. The van der Waals surface area contributed by atoms with Crippen LogP contribution in [-0.2, 0) is 5.75 Å². The third-order valence-corrected chi connectivity index (χ3v) is 3.68. The zero-order valence-corrected chi connectivity index (χ0v) is 10.3. The Kier molecular flexibility index (Phi) is 3.85. The third-order valence-electron chi connectivity index (χ3n) is 2.52. The van der Waals surface area contributed by atoms with E-state index in [1.165, 1.54) is 0 Å². The molecule has 2 rings (SSSR count). The van der Waals surface area contributed by atoms with Crippen molar-refractivity contribution < 1.29 is 0 Å². The molecule has 0 spiro atoms. The molecule has 0 radical (unpaired) electrons. The molecule has 0 aliphatic rings. The summed E-state index contributed by atoms with van der Waals surface area (Å²) in [6.45, 7) is 2.12. The van der Waals surface area contributed by atoms with Crippen LogP contribution in [0.4, 0.5) is 0 Å². The lowest BCUT2D eigenvalue weighted by atomic mass is 10.3. The van der Waals surface area contributed by atoms with Crippen molar-refractivity contribution in [1.82, 2.24) is 9.38 Å². The van der Waals surface area contributed by atoms with Gasteiger partial charge in [0.1, 0.15) is 5.65 Å². The number of hydrogen-bond acceptors (Lipinski definition) is 3. The first-order valence-corrected chi connectivity index (χ1v) is 6.71. The summed E-state index contributed by atoms with van der Waals surface area (Å²) in [4.78, 5) is 4.54. The molecule has 86 valence electrons. The average molecular weight is 235 g/mol. The van der Waals surface area contributed by atoms with E-state index in [-0.39, 0.29) is 0 Å². The molecule has 0 bridgehead atoms. The first-order chi connectivity index (χ1) is 7.79. The van der Waals surface area contributed by atoms with Crippen LogP contribution >= 0.6 is 11.8 Å². The molecule has 2 N–H and O–H groups in total. The first kappa shape index (κ1) is 11.5. The molecule has 0 aliphatic heterocycles. The molecule has 2 aromatic heterocycles. The second-order valence-electron chi connectivity index (χ2n) is 3.88. The van der Waals surface area contributed by atoms with Gasteiger partial charge in [-0.1, -0.05) is 13.0 Å². The highest BCUT2D eigenvalue weighted by atomic mass is 32.2. The number of thioether (sulfide) groups is 1. The van der Waals surface area contributed by atoms with Gasteiger partial charge in [0.15, 0.2) is 0 Å². The van der Waals surface area contributed by atoms with Crippen LogP contribution in [0, 0.1) is 0 Å². The van der Waals surface area contributed by atoms with Crippen LogP contribution in [0.5, 0.6) is 0 Å². The summed E-state index contributed by atoms with van der Waals surface area (Å²) in [6, 6.07) is 6.35. The lowest BCUT2D eigenvalue weighted by Crippen LogP contribution is -2.21. The number of imidazole rings is 1. The van der Waals surface area contributed by atoms with E-state index in [9.17, 15) is 0 Å². The molecule has 0 aliphatic carbocycles. The van der Waals surface area contributed by atoms with Crippen molar-refractivity contribution in [1.29, 1.82) is 0 Å². The van der Waals surface area contributed by atoms with E-state index in [4.69, 9.17) is 5.73 Å². The number of hydrogen-bond donors (Lipinski definition) is 1. The molecular weight excluding hydrogens is 218 g/mol. The van der Waals surface area contributed by atoms with E-state index < -0.39 is 0 Å². The zero-order valence-electron chi connectivity index (χ0n) is 9.47. The van der Waals surface area contributed by atoms with Gasteiger partial charge in [-0.15, -0.1) is 0 Å². The Hall–Kier alpha value is -1.00. The van der Waals surface area contributed by atoms with Crippen LogP contribution in [0.3, 0.4) is 0 Å². The minimum Gasteiger partial charge on any atom is -0.327 e. The Morgan fingerprint density at radius 3 is 3.12 bits per heavy atom. The fraction of sp³-hybridized carbons (Fsp3) is 0.417. The van der Waals surface area contributed by atoms with Gasteiger partial charge in [0.05, 0.1) is 5.69 Å². The van der Waals surface area contributed by atoms with Crippen molar-refractivity contribution in [3.8, 4) is 0 Å². The van der Waals surface area contributed by atoms with Crippen molar-refractivity contribution in [2.45, 2.75) is 25.1 Å². The van der Waals surface area contributed by atoms with E-state index >= 15 is 0 Å². The van der Waals surface area contributed by atoms with Crippen molar-refractivity contribution in [3.63, 3.8) is 0 Å². The summed E-state index contributed by atoms with van der Waals surface area (Å²) in [5, 5.41) is 0. The molecule has 0 amide bonds. The molecule has 4 heteroatoms. The molecule has 3 nitrogen and oxygen atoms in total. The van der Waals surface area contributed by atoms with Crippen LogP contribution in [0.2, 0.25) is 0 Å². The van der Waals surface area contributed by atoms with Crippen molar-refractivity contribution >= 4 is 17.4 Å². The number of nitrogens with zero attached hydrogens (tertiary/aromatic N) is 2. The second-order valence-corrected chi connectivity index (χ2v) is 4.91. The highest BCUT2D eigenvalue weighted by molar-refractivity contribution is 7.98. The standard InChI is InChI=1S/C12H17N3S/c1-2-10(13)8-16-9-11-7-15-6-4-3-5-12(15)14-11/h3-7,10H,2,8-9,13H2,1H3. The molecule has 0 fully saturated rings. The largest absolute Gasteiger partial charge is 0.327 e. The summed E-state index contributed by atoms with van der Waals surface area (Å²) in [6.07, 6.45) is 5.15.